The van der Waals surface area contributed by atoms with Gasteiger partial charge in [0.1, 0.15) is 0 Å². The zero-order valence-electron chi connectivity index (χ0n) is 9.21. The van der Waals surface area contributed by atoms with Gasteiger partial charge in [-0.15, -0.1) is 0 Å². The molecule has 2 atom stereocenters. The molecule has 1 aromatic heterocycles. The lowest BCUT2D eigenvalue weighted by Crippen LogP contribution is -2.28. The van der Waals surface area contributed by atoms with Gasteiger partial charge in [-0.25, -0.2) is 0 Å². The Labute approximate surface area is 94.7 Å². The van der Waals surface area contributed by atoms with Crippen LogP contribution in [0.1, 0.15) is 31.7 Å². The third kappa shape index (κ3) is 1.52. The fourth-order valence-electron chi connectivity index (χ4n) is 2.63. The maximum Gasteiger partial charge on any atom is 0.0785 e. The van der Waals surface area contributed by atoms with Crippen LogP contribution in [0.3, 0.4) is 0 Å². The van der Waals surface area contributed by atoms with Crippen LogP contribution in [0, 0.1) is 0 Å². The molecule has 0 spiro atoms. The number of nitrogens with zero attached hydrogens (tertiary/aromatic N) is 2. The van der Waals surface area contributed by atoms with Crippen molar-refractivity contribution in [2.24, 2.45) is 0 Å². The number of aliphatic hydroxyl groups excluding tert-OH is 1. The van der Waals surface area contributed by atoms with Crippen molar-refractivity contribution in [1.29, 1.82) is 0 Å². The molecule has 0 amide bonds. The molecule has 0 bridgehead atoms. The molecule has 2 aromatic rings. The number of hydrogen-bond donors (Lipinski definition) is 1. The van der Waals surface area contributed by atoms with E-state index in [0.717, 1.165) is 30.2 Å². The van der Waals surface area contributed by atoms with Crippen molar-refractivity contribution in [2.45, 2.75) is 37.8 Å². The largest absolute Gasteiger partial charge is 0.391 e. The predicted molar refractivity (Wildman–Crippen MR) is 63.2 cm³/mol. The number of aromatic nitrogens is 2. The Morgan fingerprint density at radius 3 is 2.88 bits per heavy atom. The molecule has 1 fully saturated rings. The van der Waals surface area contributed by atoms with Gasteiger partial charge in [-0.3, -0.25) is 4.68 Å². The summed E-state index contributed by atoms with van der Waals surface area (Å²) in [5, 5.41) is 15.6. The van der Waals surface area contributed by atoms with Crippen molar-refractivity contribution >= 4 is 10.9 Å². The first-order valence-electron chi connectivity index (χ1n) is 5.96. The van der Waals surface area contributed by atoms with E-state index < -0.39 is 0 Å². The van der Waals surface area contributed by atoms with E-state index in [0.29, 0.717) is 0 Å². The third-order valence-corrected chi connectivity index (χ3v) is 3.51. The third-order valence-electron chi connectivity index (χ3n) is 3.51. The molecule has 3 nitrogen and oxygen atoms in total. The molecule has 1 aliphatic carbocycles. The van der Waals surface area contributed by atoms with Gasteiger partial charge >= 0.3 is 0 Å². The normalized spacial score (nSPS) is 26.1. The van der Waals surface area contributed by atoms with Crippen molar-refractivity contribution < 1.29 is 5.11 Å². The Morgan fingerprint density at radius 2 is 2.00 bits per heavy atom. The number of hydrogen-bond acceptors (Lipinski definition) is 2. The highest BCUT2D eigenvalue weighted by Crippen LogP contribution is 2.30. The first kappa shape index (κ1) is 9.85. The van der Waals surface area contributed by atoms with E-state index in [1.54, 1.807) is 0 Å². The average molecular weight is 216 g/mol. The molecule has 3 heteroatoms. The molecular weight excluding hydrogens is 200 g/mol. The van der Waals surface area contributed by atoms with Gasteiger partial charge in [-0.05, 0) is 18.9 Å². The second kappa shape index (κ2) is 3.91. The molecule has 0 aliphatic heterocycles. The van der Waals surface area contributed by atoms with Gasteiger partial charge in [0.15, 0.2) is 0 Å². The second-order valence-corrected chi connectivity index (χ2v) is 4.57. The molecule has 3 rings (SSSR count). The molecule has 1 saturated carbocycles. The van der Waals surface area contributed by atoms with Crippen LogP contribution in [-0.4, -0.2) is 21.0 Å². The SMILES string of the molecule is OC1CCCCC1n1ncc2ccccc21. The number of rotatable bonds is 1. The van der Waals surface area contributed by atoms with Gasteiger partial charge in [-0.2, -0.15) is 5.10 Å². The fourth-order valence-corrected chi connectivity index (χ4v) is 2.63. The minimum absolute atomic E-state index is 0.161. The molecule has 1 aliphatic rings. The minimum Gasteiger partial charge on any atom is -0.391 e. The van der Waals surface area contributed by atoms with Crippen LogP contribution < -0.4 is 0 Å². The first-order valence-corrected chi connectivity index (χ1v) is 5.96. The smallest absolute Gasteiger partial charge is 0.0785 e. The van der Waals surface area contributed by atoms with Gasteiger partial charge < -0.3 is 5.11 Å². The quantitative estimate of drug-likeness (QED) is 0.795. The number of benzene rings is 1. The minimum atomic E-state index is -0.239. The highest BCUT2D eigenvalue weighted by molar-refractivity contribution is 5.78. The maximum absolute atomic E-state index is 10.0. The van der Waals surface area contributed by atoms with E-state index in [1.165, 1.54) is 6.42 Å². The zero-order valence-corrected chi connectivity index (χ0v) is 9.21. The van der Waals surface area contributed by atoms with Crippen molar-refractivity contribution in [3.05, 3.63) is 30.5 Å². The summed E-state index contributed by atoms with van der Waals surface area (Å²) in [6.07, 6.45) is 5.91. The Hall–Kier alpha value is -1.35. The predicted octanol–water partition coefficient (Wildman–Crippen LogP) is 2.51. The Balaban J connectivity index is 2.04. The van der Waals surface area contributed by atoms with Gasteiger partial charge in [0, 0.05) is 5.39 Å². The van der Waals surface area contributed by atoms with E-state index in [2.05, 4.69) is 17.2 Å². The molecule has 16 heavy (non-hydrogen) atoms. The topological polar surface area (TPSA) is 38.0 Å². The highest BCUT2D eigenvalue weighted by Gasteiger charge is 2.26. The summed E-state index contributed by atoms with van der Waals surface area (Å²) in [4.78, 5) is 0. The van der Waals surface area contributed by atoms with Crippen LogP contribution in [0.25, 0.3) is 10.9 Å². The van der Waals surface area contributed by atoms with Crippen LogP contribution in [0.4, 0.5) is 0 Å². The Kier molecular flexibility index (Phi) is 2.40. The number of para-hydroxylation sites is 1. The monoisotopic (exact) mass is 216 g/mol. The summed E-state index contributed by atoms with van der Waals surface area (Å²) >= 11 is 0. The lowest BCUT2D eigenvalue weighted by atomic mass is 9.92. The van der Waals surface area contributed by atoms with Gasteiger partial charge in [-0.1, -0.05) is 31.0 Å². The van der Waals surface area contributed by atoms with Crippen LogP contribution in [0.5, 0.6) is 0 Å². The van der Waals surface area contributed by atoms with Crippen molar-refractivity contribution in [2.75, 3.05) is 0 Å². The van der Waals surface area contributed by atoms with E-state index in [-0.39, 0.29) is 12.1 Å². The molecule has 0 saturated heterocycles. The Morgan fingerprint density at radius 1 is 1.19 bits per heavy atom. The lowest BCUT2D eigenvalue weighted by Gasteiger charge is -2.28. The van der Waals surface area contributed by atoms with Gasteiger partial charge in [0.05, 0.1) is 23.9 Å². The summed E-state index contributed by atoms with van der Waals surface area (Å²) in [7, 11) is 0. The van der Waals surface area contributed by atoms with Gasteiger partial charge in [0.2, 0.25) is 0 Å². The molecule has 1 N–H and O–H groups in total. The zero-order chi connectivity index (χ0) is 11.0. The van der Waals surface area contributed by atoms with Crippen molar-refractivity contribution in [1.82, 2.24) is 9.78 Å². The molecule has 1 aromatic carbocycles. The molecule has 2 unspecified atom stereocenters. The van der Waals surface area contributed by atoms with Crippen LogP contribution in [-0.2, 0) is 0 Å². The van der Waals surface area contributed by atoms with E-state index in [9.17, 15) is 5.11 Å². The highest BCUT2D eigenvalue weighted by atomic mass is 16.3. The standard InChI is InChI=1S/C13H16N2O/c16-13-8-4-3-7-12(13)15-11-6-2-1-5-10(11)9-14-15/h1-2,5-6,9,12-13,16H,3-4,7-8H2. The summed E-state index contributed by atoms with van der Waals surface area (Å²) < 4.78 is 2.00. The summed E-state index contributed by atoms with van der Waals surface area (Å²) in [6.45, 7) is 0. The van der Waals surface area contributed by atoms with E-state index >= 15 is 0 Å². The van der Waals surface area contributed by atoms with Crippen LogP contribution in [0.15, 0.2) is 30.5 Å². The van der Waals surface area contributed by atoms with Crippen LogP contribution in [0.2, 0.25) is 0 Å². The molecule has 84 valence electrons. The fraction of sp³-hybridized carbons (Fsp3) is 0.462. The number of aliphatic hydroxyl groups is 1. The van der Waals surface area contributed by atoms with Crippen LogP contribution >= 0.6 is 0 Å². The van der Waals surface area contributed by atoms with E-state index in [4.69, 9.17) is 0 Å². The first-order chi connectivity index (χ1) is 7.86. The second-order valence-electron chi connectivity index (χ2n) is 4.57. The summed E-state index contributed by atoms with van der Waals surface area (Å²) in [5.74, 6) is 0. The van der Waals surface area contributed by atoms with Crippen molar-refractivity contribution in [3.63, 3.8) is 0 Å². The number of fused-ring (bicyclic) bond motifs is 1. The van der Waals surface area contributed by atoms with Gasteiger partial charge in [0.25, 0.3) is 0 Å². The summed E-state index contributed by atoms with van der Waals surface area (Å²) in [6, 6.07) is 8.34. The lowest BCUT2D eigenvalue weighted by molar-refractivity contribution is 0.0716. The summed E-state index contributed by atoms with van der Waals surface area (Å²) in [5.41, 5.74) is 1.13. The Bertz CT molecular complexity index is 491. The molecular formula is C13H16N2O. The molecule has 0 radical (unpaired) electrons. The average Bonchev–Trinajstić information content (AvgIpc) is 2.74. The molecule has 1 heterocycles. The maximum atomic E-state index is 10.0. The van der Waals surface area contributed by atoms with Crippen molar-refractivity contribution in [3.8, 4) is 0 Å². The van der Waals surface area contributed by atoms with E-state index in [1.807, 2.05) is 23.0 Å².